The van der Waals surface area contributed by atoms with E-state index >= 15 is 0 Å². The highest BCUT2D eigenvalue weighted by Gasteiger charge is 2.07. The van der Waals surface area contributed by atoms with Gasteiger partial charge in [0.25, 0.3) is 0 Å². The topological polar surface area (TPSA) is 22.0 Å². The molecule has 0 bridgehead atoms. The van der Waals surface area contributed by atoms with Crippen LogP contribution >= 0.6 is 0 Å². The van der Waals surface area contributed by atoms with Crippen LogP contribution in [-0.4, -0.2) is 10.4 Å². The number of hydrogen-bond acceptors (Lipinski definition) is 1. The van der Waals surface area contributed by atoms with Crippen LogP contribution in [-0.2, 0) is 11.3 Å². The van der Waals surface area contributed by atoms with Crippen LogP contribution in [0.5, 0.6) is 0 Å². The molecule has 2 aromatic carbocycles. The number of nitrogens with zero attached hydrogens (tertiary/aromatic N) is 1. The second-order valence-electron chi connectivity index (χ2n) is 5.14. The standard InChI is InChI=1S/C19H17NO/c1-15(21)11-12-18-13-17-9-5-6-10-19(17)20(18)14-16-7-3-2-4-8-16/h2-13H,14H2,1H3. The van der Waals surface area contributed by atoms with Gasteiger partial charge in [0.2, 0.25) is 0 Å². The Morgan fingerprint density at radius 3 is 2.52 bits per heavy atom. The maximum atomic E-state index is 11.2. The van der Waals surface area contributed by atoms with Crippen LogP contribution in [0.1, 0.15) is 18.2 Å². The third kappa shape index (κ3) is 2.95. The number of fused-ring (bicyclic) bond motifs is 1. The molecule has 0 radical (unpaired) electrons. The normalized spacial score (nSPS) is 11.3. The second-order valence-corrected chi connectivity index (χ2v) is 5.14. The van der Waals surface area contributed by atoms with E-state index in [1.807, 2.05) is 36.4 Å². The van der Waals surface area contributed by atoms with Crippen molar-refractivity contribution in [3.8, 4) is 0 Å². The fraction of sp³-hybridized carbons (Fsp3) is 0.105. The largest absolute Gasteiger partial charge is 0.336 e. The zero-order valence-electron chi connectivity index (χ0n) is 12.0. The molecule has 0 amide bonds. The Labute approximate surface area is 124 Å². The van der Waals surface area contributed by atoms with Crippen molar-refractivity contribution in [3.05, 3.63) is 78.0 Å². The number of benzene rings is 2. The Hall–Kier alpha value is -2.61. The van der Waals surface area contributed by atoms with E-state index in [2.05, 4.69) is 34.9 Å². The van der Waals surface area contributed by atoms with Crippen LogP contribution in [0.2, 0.25) is 0 Å². The summed E-state index contributed by atoms with van der Waals surface area (Å²) in [4.78, 5) is 11.2. The first-order valence-electron chi connectivity index (χ1n) is 7.05. The lowest BCUT2D eigenvalue weighted by Crippen LogP contribution is -2.01. The fourth-order valence-corrected chi connectivity index (χ4v) is 2.51. The zero-order valence-corrected chi connectivity index (χ0v) is 12.0. The number of ketones is 1. The van der Waals surface area contributed by atoms with E-state index in [-0.39, 0.29) is 5.78 Å². The molecular weight excluding hydrogens is 258 g/mol. The summed E-state index contributed by atoms with van der Waals surface area (Å²) in [5.74, 6) is 0.0616. The molecule has 21 heavy (non-hydrogen) atoms. The van der Waals surface area contributed by atoms with Crippen LogP contribution < -0.4 is 0 Å². The first-order valence-corrected chi connectivity index (χ1v) is 7.05. The smallest absolute Gasteiger partial charge is 0.152 e. The van der Waals surface area contributed by atoms with Gasteiger partial charge in [0.05, 0.1) is 0 Å². The van der Waals surface area contributed by atoms with Gasteiger partial charge >= 0.3 is 0 Å². The number of aromatic nitrogens is 1. The van der Waals surface area contributed by atoms with Crippen molar-refractivity contribution in [1.82, 2.24) is 4.57 Å². The summed E-state index contributed by atoms with van der Waals surface area (Å²) in [5.41, 5.74) is 3.48. The average molecular weight is 275 g/mol. The van der Waals surface area contributed by atoms with E-state index in [0.717, 1.165) is 12.2 Å². The number of carbonyl (C=O) groups is 1. The number of hydrogen-bond donors (Lipinski definition) is 0. The summed E-state index contributed by atoms with van der Waals surface area (Å²) in [6.07, 6.45) is 3.51. The van der Waals surface area contributed by atoms with Crippen molar-refractivity contribution in [2.24, 2.45) is 0 Å². The van der Waals surface area contributed by atoms with Crippen molar-refractivity contribution in [2.45, 2.75) is 13.5 Å². The maximum absolute atomic E-state index is 11.2. The summed E-state index contributed by atoms with van der Waals surface area (Å²) < 4.78 is 2.24. The van der Waals surface area contributed by atoms with Crippen LogP contribution in [0.25, 0.3) is 17.0 Å². The van der Waals surface area contributed by atoms with Crippen molar-refractivity contribution in [1.29, 1.82) is 0 Å². The molecular formula is C19H17NO. The summed E-state index contributed by atoms with van der Waals surface area (Å²) in [7, 11) is 0. The Morgan fingerprint density at radius 1 is 1.05 bits per heavy atom. The first kappa shape index (κ1) is 13.4. The van der Waals surface area contributed by atoms with Gasteiger partial charge in [-0.2, -0.15) is 0 Å². The molecule has 1 heterocycles. The molecule has 0 saturated carbocycles. The summed E-state index contributed by atoms with van der Waals surface area (Å²) in [6, 6.07) is 20.8. The summed E-state index contributed by atoms with van der Waals surface area (Å²) in [6.45, 7) is 2.37. The fourth-order valence-electron chi connectivity index (χ4n) is 2.51. The number of rotatable bonds is 4. The Kier molecular flexibility index (Phi) is 3.69. The van der Waals surface area contributed by atoms with Gasteiger partial charge in [0.1, 0.15) is 0 Å². The van der Waals surface area contributed by atoms with Gasteiger partial charge in [-0.05, 0) is 36.8 Å². The zero-order chi connectivity index (χ0) is 14.7. The lowest BCUT2D eigenvalue weighted by atomic mass is 10.2. The maximum Gasteiger partial charge on any atom is 0.152 e. The third-order valence-electron chi connectivity index (χ3n) is 3.51. The molecule has 2 nitrogen and oxygen atoms in total. The molecule has 0 aliphatic heterocycles. The van der Waals surface area contributed by atoms with Gasteiger partial charge in [-0.3, -0.25) is 4.79 Å². The quantitative estimate of drug-likeness (QED) is 0.651. The molecule has 2 heteroatoms. The predicted octanol–water partition coefficient (Wildman–Crippen LogP) is 4.29. The van der Waals surface area contributed by atoms with Crippen molar-refractivity contribution >= 4 is 22.8 Å². The van der Waals surface area contributed by atoms with Crippen LogP contribution in [0, 0.1) is 0 Å². The van der Waals surface area contributed by atoms with E-state index in [4.69, 9.17) is 0 Å². The predicted molar refractivity (Wildman–Crippen MR) is 87.2 cm³/mol. The SMILES string of the molecule is CC(=O)C=Cc1cc2ccccc2n1Cc1ccccc1. The van der Waals surface area contributed by atoms with Gasteiger partial charge in [-0.15, -0.1) is 0 Å². The highest BCUT2D eigenvalue weighted by atomic mass is 16.1. The minimum Gasteiger partial charge on any atom is -0.336 e. The minimum atomic E-state index is 0.0616. The van der Waals surface area contributed by atoms with E-state index in [9.17, 15) is 4.79 Å². The molecule has 0 aliphatic carbocycles. The molecule has 1 aromatic heterocycles. The molecule has 0 spiro atoms. The molecule has 0 fully saturated rings. The minimum absolute atomic E-state index is 0.0616. The van der Waals surface area contributed by atoms with E-state index in [1.54, 1.807) is 13.0 Å². The molecule has 0 N–H and O–H groups in total. The van der Waals surface area contributed by atoms with Crippen LogP contribution in [0.4, 0.5) is 0 Å². The molecule has 0 unspecified atom stereocenters. The molecule has 0 atom stereocenters. The molecule has 0 aliphatic rings. The lowest BCUT2D eigenvalue weighted by Gasteiger charge is -2.08. The summed E-state index contributed by atoms with van der Waals surface area (Å²) in [5, 5.41) is 1.19. The van der Waals surface area contributed by atoms with E-state index in [0.29, 0.717) is 0 Å². The van der Waals surface area contributed by atoms with Crippen molar-refractivity contribution < 1.29 is 4.79 Å². The third-order valence-corrected chi connectivity index (χ3v) is 3.51. The van der Waals surface area contributed by atoms with Gasteiger partial charge in [0.15, 0.2) is 5.78 Å². The van der Waals surface area contributed by atoms with Gasteiger partial charge in [0, 0.05) is 23.1 Å². The monoisotopic (exact) mass is 275 g/mol. The van der Waals surface area contributed by atoms with Crippen molar-refractivity contribution in [2.75, 3.05) is 0 Å². The number of allylic oxidation sites excluding steroid dienone is 1. The number of para-hydroxylation sites is 1. The van der Waals surface area contributed by atoms with Crippen LogP contribution in [0.15, 0.2) is 66.7 Å². The van der Waals surface area contributed by atoms with Crippen LogP contribution in [0.3, 0.4) is 0 Å². The highest BCUT2D eigenvalue weighted by molar-refractivity contribution is 5.92. The van der Waals surface area contributed by atoms with Gasteiger partial charge in [-0.1, -0.05) is 48.5 Å². The van der Waals surface area contributed by atoms with E-state index < -0.39 is 0 Å². The van der Waals surface area contributed by atoms with Gasteiger partial charge in [-0.25, -0.2) is 0 Å². The van der Waals surface area contributed by atoms with Crippen molar-refractivity contribution in [3.63, 3.8) is 0 Å². The second kappa shape index (κ2) is 5.80. The first-order chi connectivity index (χ1) is 10.2. The molecule has 0 saturated heterocycles. The average Bonchev–Trinajstić information content (AvgIpc) is 2.84. The molecule has 3 rings (SSSR count). The Bertz CT molecular complexity index is 797. The lowest BCUT2D eigenvalue weighted by molar-refractivity contribution is -0.112. The summed E-state index contributed by atoms with van der Waals surface area (Å²) >= 11 is 0. The molecule has 3 aromatic rings. The molecule has 104 valence electrons. The Morgan fingerprint density at radius 2 is 1.76 bits per heavy atom. The Balaban J connectivity index is 2.09. The number of carbonyl (C=O) groups excluding carboxylic acids is 1. The highest BCUT2D eigenvalue weighted by Crippen LogP contribution is 2.22. The van der Waals surface area contributed by atoms with Gasteiger partial charge < -0.3 is 4.57 Å². The van der Waals surface area contributed by atoms with E-state index in [1.165, 1.54) is 16.5 Å².